The molecule has 0 unspecified atom stereocenters. The fourth-order valence-electron chi connectivity index (χ4n) is 2.61. The van der Waals surface area contributed by atoms with Crippen LogP contribution in [0.1, 0.15) is 25.0 Å². The van der Waals surface area contributed by atoms with Crippen molar-refractivity contribution in [3.05, 3.63) is 94.6 Å². The average Bonchev–Trinajstić information content (AvgIpc) is 2.59. The van der Waals surface area contributed by atoms with E-state index in [1.807, 2.05) is 61.5 Å². The molecule has 0 radical (unpaired) electrons. The van der Waals surface area contributed by atoms with Gasteiger partial charge < -0.3 is 5.11 Å². The molecule has 0 saturated heterocycles. The van der Waals surface area contributed by atoms with E-state index in [4.69, 9.17) is 0 Å². The van der Waals surface area contributed by atoms with Crippen molar-refractivity contribution in [3.63, 3.8) is 0 Å². The maximum absolute atomic E-state index is 11.5. The topological polar surface area (TPSA) is 37.3 Å². The molecule has 23 heavy (non-hydrogen) atoms. The van der Waals surface area contributed by atoms with E-state index in [1.165, 1.54) is 5.56 Å². The van der Waals surface area contributed by atoms with Gasteiger partial charge in [0.25, 0.3) is 0 Å². The fourth-order valence-corrected chi connectivity index (χ4v) is 2.61. The molecule has 2 nitrogen and oxygen atoms in total. The second-order valence-corrected chi connectivity index (χ2v) is 5.55. The Morgan fingerprint density at radius 1 is 0.913 bits per heavy atom. The Labute approximate surface area is 137 Å². The zero-order chi connectivity index (χ0) is 16.7. The van der Waals surface area contributed by atoms with E-state index < -0.39 is 5.97 Å². The van der Waals surface area contributed by atoms with Crippen LogP contribution in [0.4, 0.5) is 0 Å². The number of benzene rings is 2. The Morgan fingerprint density at radius 2 is 1.39 bits per heavy atom. The molecule has 1 N–H and O–H groups in total. The molecule has 0 aliphatic carbocycles. The summed E-state index contributed by atoms with van der Waals surface area (Å²) in [5.41, 5.74) is 4.69. The molecule has 0 heterocycles. The van der Waals surface area contributed by atoms with Gasteiger partial charge in [0.05, 0.1) is 0 Å². The third kappa shape index (κ3) is 4.68. The van der Waals surface area contributed by atoms with E-state index >= 15 is 0 Å². The first kappa shape index (κ1) is 16.8. The average molecular weight is 306 g/mol. The van der Waals surface area contributed by atoms with Crippen molar-refractivity contribution in [2.45, 2.75) is 26.7 Å². The number of allylic oxidation sites excluding steroid dienone is 3. The zero-order valence-electron chi connectivity index (χ0n) is 13.6. The van der Waals surface area contributed by atoms with E-state index in [0.717, 1.165) is 23.1 Å². The minimum atomic E-state index is -0.858. The standard InChI is InChI=1S/C21H22O2/c1-3-19(14-17-10-6-4-7-11-17)20(16(2)21(22)23)15-18-12-8-5-9-13-18/h3-13H,14-15H2,1-2H3,(H,22,23)/b19-3+,20-16+. The maximum Gasteiger partial charge on any atom is 0.331 e. The van der Waals surface area contributed by atoms with Gasteiger partial charge in [-0.25, -0.2) is 4.79 Å². The summed E-state index contributed by atoms with van der Waals surface area (Å²) in [6.45, 7) is 3.66. The van der Waals surface area contributed by atoms with Crippen LogP contribution in [0.25, 0.3) is 0 Å². The van der Waals surface area contributed by atoms with Crippen molar-refractivity contribution < 1.29 is 9.90 Å². The molecule has 0 aromatic heterocycles. The second-order valence-electron chi connectivity index (χ2n) is 5.55. The quantitative estimate of drug-likeness (QED) is 0.613. The van der Waals surface area contributed by atoms with Crippen LogP contribution >= 0.6 is 0 Å². The van der Waals surface area contributed by atoms with Gasteiger partial charge >= 0.3 is 5.97 Å². The first-order chi connectivity index (χ1) is 11.1. The van der Waals surface area contributed by atoms with Gasteiger partial charge in [0, 0.05) is 5.57 Å². The highest BCUT2D eigenvalue weighted by molar-refractivity contribution is 5.88. The Morgan fingerprint density at radius 3 is 1.83 bits per heavy atom. The minimum Gasteiger partial charge on any atom is -0.478 e. The van der Waals surface area contributed by atoms with Crippen molar-refractivity contribution >= 4 is 5.97 Å². The van der Waals surface area contributed by atoms with Crippen LogP contribution in [0.15, 0.2) is 83.5 Å². The Bertz CT molecular complexity index is 710. The molecule has 2 rings (SSSR count). The largest absolute Gasteiger partial charge is 0.478 e. The van der Waals surface area contributed by atoms with Gasteiger partial charge in [-0.05, 0) is 49.0 Å². The van der Waals surface area contributed by atoms with Crippen LogP contribution in [0.2, 0.25) is 0 Å². The summed E-state index contributed by atoms with van der Waals surface area (Å²) >= 11 is 0. The molecule has 0 bridgehead atoms. The first-order valence-electron chi connectivity index (χ1n) is 7.78. The third-order valence-corrected chi connectivity index (χ3v) is 3.97. The SMILES string of the molecule is C/C=C(Cc1ccccc1)/C(Cc1ccccc1)=C(\C)C(=O)O. The van der Waals surface area contributed by atoms with E-state index in [2.05, 4.69) is 12.1 Å². The molecular formula is C21H22O2. The third-order valence-electron chi connectivity index (χ3n) is 3.97. The molecule has 0 saturated carbocycles. The summed E-state index contributed by atoms with van der Waals surface area (Å²) in [4.78, 5) is 11.5. The maximum atomic E-state index is 11.5. The Kier molecular flexibility index (Phi) is 5.93. The predicted molar refractivity (Wildman–Crippen MR) is 94.4 cm³/mol. The van der Waals surface area contributed by atoms with Crippen LogP contribution in [0, 0.1) is 0 Å². The van der Waals surface area contributed by atoms with Crippen molar-refractivity contribution in [2.75, 3.05) is 0 Å². The Hall–Kier alpha value is -2.61. The van der Waals surface area contributed by atoms with Crippen LogP contribution < -0.4 is 0 Å². The number of rotatable bonds is 6. The first-order valence-corrected chi connectivity index (χ1v) is 7.78. The van der Waals surface area contributed by atoms with Crippen LogP contribution in [0.5, 0.6) is 0 Å². The van der Waals surface area contributed by atoms with E-state index in [1.54, 1.807) is 6.92 Å². The molecule has 2 heteroatoms. The van der Waals surface area contributed by atoms with Crippen molar-refractivity contribution in [1.29, 1.82) is 0 Å². The molecule has 0 atom stereocenters. The van der Waals surface area contributed by atoms with Crippen molar-refractivity contribution in [1.82, 2.24) is 0 Å². The second kappa shape index (κ2) is 8.14. The van der Waals surface area contributed by atoms with E-state index in [0.29, 0.717) is 12.0 Å². The number of carbonyl (C=O) groups is 1. The zero-order valence-corrected chi connectivity index (χ0v) is 13.6. The van der Waals surface area contributed by atoms with E-state index in [-0.39, 0.29) is 0 Å². The number of aliphatic carboxylic acids is 1. The summed E-state index contributed by atoms with van der Waals surface area (Å²) in [5, 5.41) is 9.46. The minimum absolute atomic E-state index is 0.415. The van der Waals surface area contributed by atoms with Crippen LogP contribution in [-0.4, -0.2) is 11.1 Å². The van der Waals surface area contributed by atoms with Gasteiger partial charge in [0.15, 0.2) is 0 Å². The van der Waals surface area contributed by atoms with Crippen molar-refractivity contribution in [3.8, 4) is 0 Å². The smallest absolute Gasteiger partial charge is 0.331 e. The number of hydrogen-bond acceptors (Lipinski definition) is 1. The summed E-state index contributed by atoms with van der Waals surface area (Å²) < 4.78 is 0. The number of carboxylic acids is 1. The number of hydrogen-bond donors (Lipinski definition) is 1. The lowest BCUT2D eigenvalue weighted by molar-refractivity contribution is -0.132. The van der Waals surface area contributed by atoms with Gasteiger partial charge in [0.2, 0.25) is 0 Å². The lowest BCUT2D eigenvalue weighted by Gasteiger charge is -2.15. The lowest BCUT2D eigenvalue weighted by atomic mass is 9.90. The van der Waals surface area contributed by atoms with Gasteiger partial charge in [-0.1, -0.05) is 66.7 Å². The summed E-state index contributed by atoms with van der Waals surface area (Å²) in [7, 11) is 0. The summed E-state index contributed by atoms with van der Waals surface area (Å²) in [5.74, 6) is -0.858. The highest BCUT2D eigenvalue weighted by atomic mass is 16.4. The van der Waals surface area contributed by atoms with Gasteiger partial charge in [0.1, 0.15) is 0 Å². The fraction of sp³-hybridized carbons (Fsp3) is 0.190. The van der Waals surface area contributed by atoms with E-state index in [9.17, 15) is 9.90 Å². The molecule has 0 fully saturated rings. The summed E-state index contributed by atoms with van der Waals surface area (Å²) in [6, 6.07) is 20.1. The molecule has 0 spiro atoms. The molecular weight excluding hydrogens is 284 g/mol. The summed E-state index contributed by atoms with van der Waals surface area (Å²) in [6.07, 6.45) is 3.40. The van der Waals surface area contributed by atoms with Crippen molar-refractivity contribution in [2.24, 2.45) is 0 Å². The molecule has 0 aliphatic heterocycles. The normalized spacial score (nSPS) is 12.7. The van der Waals surface area contributed by atoms with Crippen LogP contribution in [0.3, 0.4) is 0 Å². The highest BCUT2D eigenvalue weighted by Crippen LogP contribution is 2.24. The monoisotopic (exact) mass is 306 g/mol. The van der Waals surface area contributed by atoms with Gasteiger partial charge in [-0.3, -0.25) is 0 Å². The van der Waals surface area contributed by atoms with Gasteiger partial charge in [-0.15, -0.1) is 0 Å². The Balaban J connectivity index is 2.36. The molecule has 0 aliphatic rings. The molecule has 2 aromatic rings. The molecule has 2 aromatic carbocycles. The molecule has 0 amide bonds. The van der Waals surface area contributed by atoms with Crippen LogP contribution in [-0.2, 0) is 17.6 Å². The lowest BCUT2D eigenvalue weighted by Crippen LogP contribution is -2.07. The highest BCUT2D eigenvalue weighted by Gasteiger charge is 2.14. The number of carboxylic acid groups (broad SMARTS) is 1. The molecule has 118 valence electrons. The predicted octanol–water partition coefficient (Wildman–Crippen LogP) is 4.82. The van der Waals surface area contributed by atoms with Gasteiger partial charge in [-0.2, -0.15) is 0 Å².